The number of methoxy groups -OCH3 is 1. The number of benzene rings is 2. The summed E-state index contributed by atoms with van der Waals surface area (Å²) >= 11 is 0. The molecule has 0 radical (unpaired) electrons. The predicted octanol–water partition coefficient (Wildman–Crippen LogP) is 3.84. The highest BCUT2D eigenvalue weighted by molar-refractivity contribution is 7.87. The van der Waals surface area contributed by atoms with Gasteiger partial charge in [0.05, 0.1) is 18.2 Å². The Morgan fingerprint density at radius 2 is 1.67 bits per heavy atom. The van der Waals surface area contributed by atoms with Gasteiger partial charge in [-0.1, -0.05) is 25.3 Å². The second-order valence-corrected chi connectivity index (χ2v) is 17.3. The first-order valence-electron chi connectivity index (χ1n) is 17.7. The minimum absolute atomic E-state index is 0.0538. The van der Waals surface area contributed by atoms with E-state index in [4.69, 9.17) is 4.74 Å². The van der Waals surface area contributed by atoms with Gasteiger partial charge in [0, 0.05) is 86.9 Å². The van der Waals surface area contributed by atoms with Crippen LogP contribution in [-0.2, 0) is 21.5 Å². The Bertz CT molecular complexity index is 1940. The number of nitrogens with zero attached hydrogens (tertiary/aromatic N) is 5. The van der Waals surface area contributed by atoms with Crippen LogP contribution in [-0.4, -0.2) is 117 Å². The average molecular weight is 689 g/mol. The van der Waals surface area contributed by atoms with Gasteiger partial charge in [0.25, 0.3) is 5.91 Å². The van der Waals surface area contributed by atoms with Gasteiger partial charge in [-0.3, -0.25) is 14.5 Å². The van der Waals surface area contributed by atoms with Crippen LogP contribution in [0.5, 0.6) is 5.75 Å². The lowest BCUT2D eigenvalue weighted by Crippen LogP contribution is -2.68. The van der Waals surface area contributed by atoms with Gasteiger partial charge in [0.1, 0.15) is 5.75 Å². The number of ether oxygens (including phenoxy) is 1. The molecule has 4 fully saturated rings. The third-order valence-corrected chi connectivity index (χ3v) is 13.7. The number of hydrogen-bond acceptors (Lipinski definition) is 7. The van der Waals surface area contributed by atoms with E-state index in [-0.39, 0.29) is 17.4 Å². The summed E-state index contributed by atoms with van der Waals surface area (Å²) in [7, 11) is 4.87. The number of aromatic nitrogens is 1. The van der Waals surface area contributed by atoms with Crippen LogP contribution in [0.2, 0.25) is 0 Å². The van der Waals surface area contributed by atoms with Gasteiger partial charge in [-0.25, -0.2) is 4.72 Å². The molecule has 4 unspecified atom stereocenters. The van der Waals surface area contributed by atoms with Gasteiger partial charge in [0.15, 0.2) is 0 Å². The first kappa shape index (κ1) is 32.7. The average Bonchev–Trinajstić information content (AvgIpc) is 3.74. The van der Waals surface area contributed by atoms with E-state index in [1.54, 1.807) is 13.2 Å². The highest BCUT2D eigenvalue weighted by atomic mass is 32.2. The summed E-state index contributed by atoms with van der Waals surface area (Å²) in [6, 6.07) is 12.5. The van der Waals surface area contributed by atoms with E-state index in [2.05, 4.69) is 50.2 Å². The second kappa shape index (κ2) is 11.8. The summed E-state index contributed by atoms with van der Waals surface area (Å²) in [5.41, 5.74) is 5.25. The van der Waals surface area contributed by atoms with Crippen LogP contribution in [0.15, 0.2) is 36.4 Å². The molecule has 2 aliphatic carbocycles. The Labute approximate surface area is 289 Å². The molecule has 0 spiro atoms. The smallest absolute Gasteiger partial charge is 0.303 e. The minimum Gasteiger partial charge on any atom is -0.497 e. The van der Waals surface area contributed by atoms with E-state index < -0.39 is 21.5 Å². The van der Waals surface area contributed by atoms with Gasteiger partial charge in [0.2, 0.25) is 5.91 Å². The van der Waals surface area contributed by atoms with Gasteiger partial charge < -0.3 is 19.1 Å². The maximum Gasteiger partial charge on any atom is 0.303 e. The van der Waals surface area contributed by atoms with E-state index >= 15 is 4.79 Å². The number of hydrogen-bond donors (Lipinski definition) is 1. The molecular weight excluding hydrogens is 641 g/mol. The standard InChI is InChI=1S/C37H48N6O5S/c1-39(2)49(46,47)38-35(44)24-11-13-29-32(15-24)43-22-37(36(45)42-20-25-18-40(3)19-26(21-42)41(25)4)17-31(37)30-16-27(48-5)12-14-28(30)34(43)33(29)23-9-7-6-8-10-23/h11-16,23,25-26,31H,6-10,17-22H2,1-5H3,(H,38,44). The van der Waals surface area contributed by atoms with Crippen LogP contribution < -0.4 is 9.46 Å². The van der Waals surface area contributed by atoms with Crippen molar-refractivity contribution in [2.75, 3.05) is 61.5 Å². The monoisotopic (exact) mass is 688 g/mol. The van der Waals surface area contributed by atoms with Crippen LogP contribution in [0, 0.1) is 5.41 Å². The molecule has 1 aromatic heterocycles. The third kappa shape index (κ3) is 5.28. The predicted molar refractivity (Wildman–Crippen MR) is 189 cm³/mol. The topological polar surface area (TPSA) is 107 Å². The molecule has 2 saturated heterocycles. The Morgan fingerprint density at radius 1 is 0.959 bits per heavy atom. The van der Waals surface area contributed by atoms with Crippen molar-refractivity contribution in [3.05, 3.63) is 53.1 Å². The molecule has 49 heavy (non-hydrogen) atoms. The number of fused-ring (bicyclic) bond motifs is 9. The number of nitrogens with one attached hydrogen (secondary N) is 1. The fraction of sp³-hybridized carbons (Fsp3) is 0.568. The number of likely N-dealkylation sites (N-methyl/N-ethyl adjacent to an activating group) is 2. The molecule has 4 heterocycles. The van der Waals surface area contributed by atoms with Gasteiger partial charge in [-0.2, -0.15) is 12.7 Å². The van der Waals surface area contributed by atoms with Crippen molar-refractivity contribution >= 4 is 32.9 Å². The van der Waals surface area contributed by atoms with Crippen molar-refractivity contribution in [2.45, 2.75) is 69.0 Å². The summed E-state index contributed by atoms with van der Waals surface area (Å²) in [6.07, 6.45) is 6.50. The summed E-state index contributed by atoms with van der Waals surface area (Å²) in [6.45, 7) is 3.83. The number of carbonyl (C=O) groups excluding carboxylic acids is 2. The van der Waals surface area contributed by atoms with E-state index in [0.29, 0.717) is 37.6 Å². The van der Waals surface area contributed by atoms with Crippen molar-refractivity contribution in [3.63, 3.8) is 0 Å². The zero-order chi connectivity index (χ0) is 34.4. The first-order valence-corrected chi connectivity index (χ1v) is 19.1. The molecule has 12 heteroatoms. The van der Waals surface area contributed by atoms with E-state index in [1.165, 1.54) is 38.9 Å². The molecule has 8 rings (SSSR count). The molecule has 5 aliphatic rings. The van der Waals surface area contributed by atoms with Crippen LogP contribution >= 0.6 is 0 Å². The van der Waals surface area contributed by atoms with E-state index in [0.717, 1.165) is 70.1 Å². The van der Waals surface area contributed by atoms with Crippen LogP contribution in [0.25, 0.3) is 22.2 Å². The second-order valence-electron chi connectivity index (χ2n) is 15.4. The van der Waals surface area contributed by atoms with Gasteiger partial charge in [-0.15, -0.1) is 0 Å². The van der Waals surface area contributed by atoms with Crippen molar-refractivity contribution in [1.29, 1.82) is 0 Å². The quantitative estimate of drug-likeness (QED) is 0.420. The van der Waals surface area contributed by atoms with Crippen molar-refractivity contribution in [2.24, 2.45) is 5.41 Å². The SMILES string of the molecule is COc1ccc2c(c1)C1CC1(C(=O)N1CC3CN(C)CC(C1)N3C)Cn1c-2c(C2CCCCC2)c2ccc(C(=O)NS(=O)(=O)N(C)C)cc21. The zero-order valence-electron chi connectivity index (χ0n) is 29.2. The molecular formula is C37H48N6O5S. The van der Waals surface area contributed by atoms with Gasteiger partial charge >= 0.3 is 10.2 Å². The number of carbonyl (C=O) groups is 2. The fourth-order valence-corrected chi connectivity index (χ4v) is 10.0. The summed E-state index contributed by atoms with van der Waals surface area (Å²) in [4.78, 5) is 35.4. The fourth-order valence-electron chi connectivity index (χ4n) is 9.48. The van der Waals surface area contributed by atoms with E-state index in [9.17, 15) is 13.2 Å². The zero-order valence-corrected chi connectivity index (χ0v) is 30.1. The number of piperazine rings is 2. The Morgan fingerprint density at radius 3 is 2.35 bits per heavy atom. The molecule has 4 atom stereocenters. The number of rotatable bonds is 6. The molecule has 2 bridgehead atoms. The Balaban J connectivity index is 1.29. The molecule has 1 N–H and O–H groups in total. The molecule has 2 amide bonds. The molecule has 262 valence electrons. The minimum atomic E-state index is -3.97. The lowest BCUT2D eigenvalue weighted by molar-refractivity contribution is -0.144. The maximum atomic E-state index is 15.0. The summed E-state index contributed by atoms with van der Waals surface area (Å²) in [5, 5.41) is 1.08. The normalized spacial score (nSPS) is 27.3. The number of amides is 2. The van der Waals surface area contributed by atoms with Crippen LogP contribution in [0.3, 0.4) is 0 Å². The van der Waals surface area contributed by atoms with Crippen molar-refractivity contribution in [1.82, 2.24) is 28.3 Å². The van der Waals surface area contributed by atoms with Crippen LogP contribution in [0.1, 0.15) is 71.8 Å². The summed E-state index contributed by atoms with van der Waals surface area (Å²) in [5.74, 6) is 0.741. The lowest BCUT2D eigenvalue weighted by Gasteiger charge is -2.51. The van der Waals surface area contributed by atoms with Crippen molar-refractivity contribution in [3.8, 4) is 17.0 Å². The maximum absolute atomic E-state index is 15.0. The lowest BCUT2D eigenvalue weighted by atomic mass is 9.81. The Kier molecular flexibility index (Phi) is 7.90. The van der Waals surface area contributed by atoms with Crippen LogP contribution in [0.4, 0.5) is 0 Å². The third-order valence-electron chi connectivity index (χ3n) is 12.3. The highest BCUT2D eigenvalue weighted by Gasteiger charge is 2.64. The van der Waals surface area contributed by atoms with Gasteiger partial charge in [-0.05, 0) is 80.7 Å². The summed E-state index contributed by atoms with van der Waals surface area (Å²) < 4.78 is 36.5. The largest absolute Gasteiger partial charge is 0.497 e. The molecule has 3 aromatic rings. The molecule has 11 nitrogen and oxygen atoms in total. The molecule has 2 saturated carbocycles. The Hall–Kier alpha value is -3.45. The first-order chi connectivity index (χ1) is 23.4. The molecule has 3 aliphatic heterocycles. The van der Waals surface area contributed by atoms with Crippen molar-refractivity contribution < 1.29 is 22.7 Å². The highest BCUT2D eigenvalue weighted by Crippen LogP contribution is 2.66. The molecule has 2 aromatic carbocycles. The van der Waals surface area contributed by atoms with E-state index in [1.807, 2.05) is 18.2 Å².